The van der Waals surface area contributed by atoms with Gasteiger partial charge in [0.2, 0.25) is 0 Å². The molecule has 0 radical (unpaired) electrons. The van der Waals surface area contributed by atoms with Crippen LogP contribution in [-0.2, 0) is 6.42 Å². The summed E-state index contributed by atoms with van der Waals surface area (Å²) in [7, 11) is 0. The number of rotatable bonds is 4. The summed E-state index contributed by atoms with van der Waals surface area (Å²) >= 11 is 8.04. The third-order valence-electron chi connectivity index (χ3n) is 4.75. The molecule has 2 fully saturated rings. The summed E-state index contributed by atoms with van der Waals surface area (Å²) in [6.45, 7) is 6.33. The predicted octanol–water partition coefficient (Wildman–Crippen LogP) is 3.40. The number of likely N-dealkylation sites (tertiary alicyclic amines) is 1. The Bertz CT molecular complexity index is 423. The van der Waals surface area contributed by atoms with Gasteiger partial charge in [-0.3, -0.25) is 4.90 Å². The molecule has 116 valence electrons. The summed E-state index contributed by atoms with van der Waals surface area (Å²) in [4.78, 5) is 5.36. The van der Waals surface area contributed by atoms with Crippen molar-refractivity contribution >= 4 is 23.4 Å². The first-order valence-electron chi connectivity index (χ1n) is 8.10. The molecule has 4 heteroatoms. The van der Waals surface area contributed by atoms with E-state index in [1.54, 1.807) is 0 Å². The zero-order valence-corrected chi connectivity index (χ0v) is 14.2. The zero-order valence-electron chi connectivity index (χ0n) is 12.6. The maximum absolute atomic E-state index is 5.93. The molecule has 2 aliphatic heterocycles. The Hall–Kier alpha value is -0.220. The summed E-state index contributed by atoms with van der Waals surface area (Å²) in [5, 5.41) is 0.833. The van der Waals surface area contributed by atoms with Crippen LogP contribution in [0.4, 0.5) is 0 Å². The Morgan fingerprint density at radius 2 is 1.67 bits per heavy atom. The van der Waals surface area contributed by atoms with Gasteiger partial charge in [-0.2, -0.15) is 11.8 Å². The van der Waals surface area contributed by atoms with Gasteiger partial charge in [0.1, 0.15) is 0 Å². The van der Waals surface area contributed by atoms with Gasteiger partial charge in [-0.1, -0.05) is 23.7 Å². The first-order valence-corrected chi connectivity index (χ1v) is 9.63. The monoisotopic (exact) mass is 324 g/mol. The quantitative estimate of drug-likeness (QED) is 0.838. The highest BCUT2D eigenvalue weighted by Gasteiger charge is 2.25. The van der Waals surface area contributed by atoms with Crippen molar-refractivity contribution in [2.24, 2.45) is 0 Å². The van der Waals surface area contributed by atoms with E-state index in [1.165, 1.54) is 62.6 Å². The normalized spacial score (nSPS) is 22.5. The van der Waals surface area contributed by atoms with Crippen molar-refractivity contribution in [2.75, 3.05) is 44.2 Å². The highest BCUT2D eigenvalue weighted by Crippen LogP contribution is 2.20. The van der Waals surface area contributed by atoms with Crippen LogP contribution in [0.3, 0.4) is 0 Å². The van der Waals surface area contributed by atoms with Crippen molar-refractivity contribution in [3.63, 3.8) is 0 Å². The lowest BCUT2D eigenvalue weighted by Crippen LogP contribution is -2.48. The first kappa shape index (κ1) is 15.7. The van der Waals surface area contributed by atoms with Crippen LogP contribution in [0.25, 0.3) is 0 Å². The lowest BCUT2D eigenvalue weighted by molar-refractivity contribution is 0.117. The van der Waals surface area contributed by atoms with E-state index in [0.29, 0.717) is 0 Å². The average molecular weight is 325 g/mol. The molecule has 1 aromatic carbocycles. The maximum atomic E-state index is 5.93. The van der Waals surface area contributed by atoms with Gasteiger partial charge in [0.05, 0.1) is 0 Å². The summed E-state index contributed by atoms with van der Waals surface area (Å²) in [6, 6.07) is 9.15. The van der Waals surface area contributed by atoms with E-state index in [4.69, 9.17) is 11.6 Å². The van der Waals surface area contributed by atoms with E-state index in [-0.39, 0.29) is 0 Å². The highest BCUT2D eigenvalue weighted by molar-refractivity contribution is 7.99. The molecule has 0 N–H and O–H groups in total. The van der Waals surface area contributed by atoms with Gasteiger partial charge < -0.3 is 4.90 Å². The van der Waals surface area contributed by atoms with Gasteiger partial charge >= 0.3 is 0 Å². The summed E-state index contributed by atoms with van der Waals surface area (Å²) in [5.41, 5.74) is 1.40. The van der Waals surface area contributed by atoms with E-state index in [0.717, 1.165) is 17.5 Å². The number of piperidine rings is 1. The molecule has 3 rings (SSSR count). The molecule has 2 nitrogen and oxygen atoms in total. The number of hydrogen-bond donors (Lipinski definition) is 0. The number of halogens is 1. The van der Waals surface area contributed by atoms with Gasteiger partial charge in [0, 0.05) is 42.2 Å². The maximum Gasteiger partial charge on any atom is 0.0406 e. The van der Waals surface area contributed by atoms with Crippen LogP contribution in [0.1, 0.15) is 18.4 Å². The lowest BCUT2D eigenvalue weighted by atomic mass is 10.0. The molecular formula is C17H25ClN2S. The molecule has 2 saturated heterocycles. The molecule has 0 aromatic heterocycles. The smallest absolute Gasteiger partial charge is 0.0406 e. The molecule has 0 saturated carbocycles. The first-order chi connectivity index (χ1) is 10.3. The molecular weight excluding hydrogens is 300 g/mol. The van der Waals surface area contributed by atoms with E-state index in [9.17, 15) is 0 Å². The van der Waals surface area contributed by atoms with Gasteiger partial charge in [-0.15, -0.1) is 0 Å². The SMILES string of the molecule is Clc1ccc(CCN2CCC(N3CCSCC3)CC2)cc1. The summed E-state index contributed by atoms with van der Waals surface area (Å²) in [6.07, 6.45) is 3.85. The number of hydrogen-bond acceptors (Lipinski definition) is 3. The molecule has 2 heterocycles. The molecule has 0 aliphatic carbocycles. The van der Waals surface area contributed by atoms with Gasteiger partial charge in [0.15, 0.2) is 0 Å². The van der Waals surface area contributed by atoms with E-state index >= 15 is 0 Å². The van der Waals surface area contributed by atoms with E-state index < -0.39 is 0 Å². The molecule has 0 atom stereocenters. The standard InChI is InChI=1S/C17H25ClN2S/c18-16-3-1-15(2-4-16)5-8-19-9-6-17(7-10-19)20-11-13-21-14-12-20/h1-4,17H,5-14H2. The predicted molar refractivity (Wildman–Crippen MR) is 93.5 cm³/mol. The molecule has 2 aliphatic rings. The average Bonchev–Trinajstić information content (AvgIpc) is 2.56. The van der Waals surface area contributed by atoms with Crippen molar-refractivity contribution in [3.05, 3.63) is 34.9 Å². The van der Waals surface area contributed by atoms with Crippen molar-refractivity contribution in [3.8, 4) is 0 Å². The fraction of sp³-hybridized carbons (Fsp3) is 0.647. The Kier molecular flexibility index (Phi) is 5.87. The number of thioether (sulfide) groups is 1. The Labute approximate surface area is 137 Å². The minimum absolute atomic E-state index is 0.833. The van der Waals surface area contributed by atoms with Gasteiger partial charge in [-0.25, -0.2) is 0 Å². The molecule has 0 unspecified atom stereocenters. The molecule has 0 amide bonds. The van der Waals surface area contributed by atoms with Crippen LogP contribution < -0.4 is 0 Å². The minimum Gasteiger partial charge on any atom is -0.303 e. The van der Waals surface area contributed by atoms with Crippen LogP contribution in [-0.4, -0.2) is 60.1 Å². The van der Waals surface area contributed by atoms with Crippen LogP contribution in [0.5, 0.6) is 0 Å². The van der Waals surface area contributed by atoms with Crippen molar-refractivity contribution in [1.29, 1.82) is 0 Å². The molecule has 1 aromatic rings. The second kappa shape index (κ2) is 7.87. The van der Waals surface area contributed by atoms with Crippen molar-refractivity contribution in [1.82, 2.24) is 9.80 Å². The third-order valence-corrected chi connectivity index (χ3v) is 5.94. The largest absolute Gasteiger partial charge is 0.303 e. The molecule has 0 bridgehead atoms. The van der Waals surface area contributed by atoms with E-state index in [1.807, 2.05) is 12.1 Å². The van der Waals surface area contributed by atoms with Crippen LogP contribution in [0.2, 0.25) is 5.02 Å². The lowest BCUT2D eigenvalue weighted by Gasteiger charge is -2.40. The van der Waals surface area contributed by atoms with Crippen LogP contribution >= 0.6 is 23.4 Å². The molecule has 0 spiro atoms. The number of benzene rings is 1. The van der Waals surface area contributed by atoms with Gasteiger partial charge in [-0.05, 0) is 50.0 Å². The fourth-order valence-electron chi connectivity index (χ4n) is 3.39. The highest BCUT2D eigenvalue weighted by atomic mass is 35.5. The fourth-order valence-corrected chi connectivity index (χ4v) is 4.45. The second-order valence-corrected chi connectivity index (χ2v) is 7.76. The van der Waals surface area contributed by atoms with Crippen LogP contribution in [0.15, 0.2) is 24.3 Å². The summed E-state index contributed by atoms with van der Waals surface area (Å²) in [5.74, 6) is 2.66. The second-order valence-electron chi connectivity index (χ2n) is 6.10. The molecule has 21 heavy (non-hydrogen) atoms. The van der Waals surface area contributed by atoms with E-state index in [2.05, 4.69) is 33.7 Å². The van der Waals surface area contributed by atoms with Gasteiger partial charge in [0.25, 0.3) is 0 Å². The topological polar surface area (TPSA) is 6.48 Å². The minimum atomic E-state index is 0.833. The number of nitrogens with zero attached hydrogens (tertiary/aromatic N) is 2. The van der Waals surface area contributed by atoms with Crippen molar-refractivity contribution < 1.29 is 0 Å². The third kappa shape index (κ3) is 4.62. The Morgan fingerprint density at radius 3 is 2.33 bits per heavy atom. The van der Waals surface area contributed by atoms with Crippen molar-refractivity contribution in [2.45, 2.75) is 25.3 Å². The van der Waals surface area contributed by atoms with Crippen LogP contribution in [0, 0.1) is 0 Å². The summed E-state index contributed by atoms with van der Waals surface area (Å²) < 4.78 is 0. The Balaban J connectivity index is 1.40. The Morgan fingerprint density at radius 1 is 1.00 bits per heavy atom. The zero-order chi connectivity index (χ0) is 14.5.